The Morgan fingerprint density at radius 3 is 2.39 bits per heavy atom. The summed E-state index contributed by atoms with van der Waals surface area (Å²) in [5.74, 6) is 7.93. The second kappa shape index (κ2) is 7.93. The van der Waals surface area contributed by atoms with Crippen LogP contribution in [0.4, 0.5) is 17.8 Å². The van der Waals surface area contributed by atoms with Gasteiger partial charge < -0.3 is 10.2 Å². The Morgan fingerprint density at radius 2 is 1.83 bits per heavy atom. The molecule has 0 aliphatic heterocycles. The first-order valence-electron chi connectivity index (χ1n) is 5.95. The zero-order chi connectivity index (χ0) is 13.4. The molecule has 0 amide bonds. The number of nitrogens with zero attached hydrogens (tertiary/aromatic N) is 4. The SMILES string of the molecule is CCN(CC)c1nc(NN)nc(NCCSC)n1. The minimum Gasteiger partial charge on any atom is -0.353 e. The van der Waals surface area contributed by atoms with Crippen LogP contribution in [0.15, 0.2) is 0 Å². The molecule has 0 aliphatic carbocycles. The molecular weight excluding hydrogens is 250 g/mol. The van der Waals surface area contributed by atoms with Gasteiger partial charge in [0, 0.05) is 25.4 Å². The molecule has 8 heteroatoms. The van der Waals surface area contributed by atoms with Gasteiger partial charge >= 0.3 is 0 Å². The van der Waals surface area contributed by atoms with Crippen molar-refractivity contribution in [2.24, 2.45) is 5.84 Å². The predicted octanol–water partition coefficient (Wildman–Crippen LogP) is 0.778. The third-order valence-electron chi connectivity index (χ3n) is 2.39. The molecule has 0 unspecified atom stereocenters. The van der Waals surface area contributed by atoms with E-state index in [0.29, 0.717) is 17.8 Å². The fraction of sp³-hybridized carbons (Fsp3) is 0.700. The summed E-state index contributed by atoms with van der Waals surface area (Å²) in [5, 5.41) is 3.16. The van der Waals surface area contributed by atoms with E-state index in [1.54, 1.807) is 11.8 Å². The first-order chi connectivity index (χ1) is 8.74. The molecule has 1 aromatic heterocycles. The number of hydrogen-bond donors (Lipinski definition) is 3. The Hall–Kier alpha value is -1.28. The maximum absolute atomic E-state index is 5.37. The van der Waals surface area contributed by atoms with E-state index >= 15 is 0 Å². The largest absolute Gasteiger partial charge is 0.353 e. The Kier molecular flexibility index (Phi) is 6.51. The second-order valence-electron chi connectivity index (χ2n) is 3.52. The average Bonchev–Trinajstić information content (AvgIpc) is 2.40. The van der Waals surface area contributed by atoms with Crippen LogP contribution in [0.25, 0.3) is 0 Å². The van der Waals surface area contributed by atoms with Crippen molar-refractivity contribution in [1.82, 2.24) is 15.0 Å². The van der Waals surface area contributed by atoms with Gasteiger partial charge in [0.05, 0.1) is 0 Å². The zero-order valence-electron chi connectivity index (χ0n) is 11.1. The lowest BCUT2D eigenvalue weighted by molar-refractivity contribution is 0.812. The van der Waals surface area contributed by atoms with E-state index < -0.39 is 0 Å². The topological polar surface area (TPSA) is 92.0 Å². The maximum Gasteiger partial charge on any atom is 0.243 e. The van der Waals surface area contributed by atoms with Crippen molar-refractivity contribution in [3.8, 4) is 0 Å². The minimum absolute atomic E-state index is 0.374. The predicted molar refractivity (Wildman–Crippen MR) is 78.1 cm³/mol. The van der Waals surface area contributed by atoms with E-state index in [4.69, 9.17) is 5.84 Å². The number of anilines is 3. The smallest absolute Gasteiger partial charge is 0.243 e. The van der Waals surface area contributed by atoms with Crippen molar-refractivity contribution in [2.75, 3.05) is 47.3 Å². The monoisotopic (exact) mass is 271 g/mol. The molecule has 1 aromatic rings. The maximum atomic E-state index is 5.37. The highest BCUT2D eigenvalue weighted by Gasteiger charge is 2.10. The summed E-state index contributed by atoms with van der Waals surface area (Å²) >= 11 is 1.77. The highest BCUT2D eigenvalue weighted by Crippen LogP contribution is 2.12. The summed E-state index contributed by atoms with van der Waals surface area (Å²) in [6.07, 6.45) is 2.06. The van der Waals surface area contributed by atoms with E-state index in [-0.39, 0.29) is 0 Å². The third kappa shape index (κ3) is 4.19. The summed E-state index contributed by atoms with van der Waals surface area (Å²) in [5.41, 5.74) is 2.47. The molecule has 0 aromatic carbocycles. The molecule has 0 atom stereocenters. The van der Waals surface area contributed by atoms with Gasteiger partial charge in [-0.05, 0) is 20.1 Å². The van der Waals surface area contributed by atoms with E-state index in [9.17, 15) is 0 Å². The Labute approximate surface area is 112 Å². The summed E-state index contributed by atoms with van der Waals surface area (Å²) in [6.45, 7) is 6.61. The van der Waals surface area contributed by atoms with E-state index in [1.807, 2.05) is 4.90 Å². The summed E-state index contributed by atoms with van der Waals surface area (Å²) < 4.78 is 0. The second-order valence-corrected chi connectivity index (χ2v) is 4.50. The molecule has 0 spiro atoms. The molecule has 18 heavy (non-hydrogen) atoms. The lowest BCUT2D eigenvalue weighted by Gasteiger charge is -2.19. The van der Waals surface area contributed by atoms with Crippen LogP contribution in [0, 0.1) is 0 Å². The molecule has 102 valence electrons. The highest BCUT2D eigenvalue weighted by molar-refractivity contribution is 7.98. The average molecular weight is 271 g/mol. The van der Waals surface area contributed by atoms with E-state index in [2.05, 4.69) is 45.8 Å². The standard InChI is InChI=1S/C10H21N7S/c1-4-17(5-2)10-14-8(12-6-7-18-3)13-9(15-10)16-11/h4-7,11H2,1-3H3,(H2,12,13,14,15,16). The normalized spacial score (nSPS) is 10.2. The van der Waals surface area contributed by atoms with Crippen LogP contribution in [0.5, 0.6) is 0 Å². The van der Waals surface area contributed by atoms with Crippen molar-refractivity contribution >= 4 is 29.6 Å². The molecule has 0 aliphatic rings. The Bertz CT molecular complexity index is 356. The number of rotatable bonds is 8. The van der Waals surface area contributed by atoms with Crippen LogP contribution in [-0.4, -0.2) is 46.6 Å². The first-order valence-corrected chi connectivity index (χ1v) is 7.34. The van der Waals surface area contributed by atoms with Gasteiger partial charge in [0.25, 0.3) is 0 Å². The fourth-order valence-corrected chi connectivity index (χ4v) is 1.73. The number of nitrogens with one attached hydrogen (secondary N) is 2. The summed E-state index contributed by atoms with van der Waals surface area (Å²) in [7, 11) is 0. The number of hydrogen-bond acceptors (Lipinski definition) is 8. The molecule has 0 fully saturated rings. The summed E-state index contributed by atoms with van der Waals surface area (Å²) in [6, 6.07) is 0. The zero-order valence-corrected chi connectivity index (χ0v) is 11.9. The van der Waals surface area contributed by atoms with Crippen molar-refractivity contribution in [2.45, 2.75) is 13.8 Å². The third-order valence-corrected chi connectivity index (χ3v) is 3.00. The molecule has 1 rings (SSSR count). The van der Waals surface area contributed by atoms with Gasteiger partial charge in [-0.2, -0.15) is 26.7 Å². The lowest BCUT2D eigenvalue weighted by atomic mass is 10.5. The Balaban J connectivity index is 2.86. The number of thioether (sulfide) groups is 1. The molecular formula is C10H21N7S. The van der Waals surface area contributed by atoms with Gasteiger partial charge in [0.1, 0.15) is 0 Å². The van der Waals surface area contributed by atoms with Crippen LogP contribution in [0.2, 0.25) is 0 Å². The van der Waals surface area contributed by atoms with Gasteiger partial charge in [0.2, 0.25) is 17.8 Å². The number of nitrogens with two attached hydrogens (primary N) is 1. The van der Waals surface area contributed by atoms with Crippen LogP contribution in [0.1, 0.15) is 13.8 Å². The molecule has 4 N–H and O–H groups in total. The van der Waals surface area contributed by atoms with Crippen LogP contribution in [0.3, 0.4) is 0 Å². The van der Waals surface area contributed by atoms with Crippen LogP contribution >= 0.6 is 11.8 Å². The van der Waals surface area contributed by atoms with Crippen LogP contribution < -0.4 is 21.5 Å². The van der Waals surface area contributed by atoms with Crippen LogP contribution in [-0.2, 0) is 0 Å². The van der Waals surface area contributed by atoms with Gasteiger partial charge in [-0.15, -0.1) is 0 Å². The molecule has 7 nitrogen and oxygen atoms in total. The number of aromatic nitrogens is 3. The van der Waals surface area contributed by atoms with Gasteiger partial charge in [-0.25, -0.2) is 5.84 Å². The van der Waals surface area contributed by atoms with E-state index in [1.165, 1.54) is 0 Å². The summed E-state index contributed by atoms with van der Waals surface area (Å²) in [4.78, 5) is 14.8. The first kappa shape index (κ1) is 14.8. The van der Waals surface area contributed by atoms with Gasteiger partial charge in [-0.1, -0.05) is 0 Å². The van der Waals surface area contributed by atoms with Gasteiger partial charge in [-0.3, -0.25) is 5.43 Å². The Morgan fingerprint density at radius 1 is 1.17 bits per heavy atom. The number of nitrogen functional groups attached to an aromatic ring is 1. The highest BCUT2D eigenvalue weighted by atomic mass is 32.2. The molecule has 0 bridgehead atoms. The molecule has 0 radical (unpaired) electrons. The van der Waals surface area contributed by atoms with Crippen molar-refractivity contribution in [3.63, 3.8) is 0 Å². The van der Waals surface area contributed by atoms with Crippen molar-refractivity contribution in [1.29, 1.82) is 0 Å². The molecule has 1 heterocycles. The minimum atomic E-state index is 0.374. The van der Waals surface area contributed by atoms with Crippen molar-refractivity contribution in [3.05, 3.63) is 0 Å². The van der Waals surface area contributed by atoms with E-state index in [0.717, 1.165) is 25.4 Å². The quantitative estimate of drug-likeness (QED) is 0.363. The fourth-order valence-electron chi connectivity index (χ4n) is 1.42. The number of hydrazine groups is 1. The molecule has 0 saturated carbocycles. The molecule has 0 saturated heterocycles. The van der Waals surface area contributed by atoms with Crippen molar-refractivity contribution < 1.29 is 0 Å². The van der Waals surface area contributed by atoms with Gasteiger partial charge in [0.15, 0.2) is 0 Å². The lowest BCUT2D eigenvalue weighted by Crippen LogP contribution is -2.26.